The van der Waals surface area contributed by atoms with E-state index in [2.05, 4.69) is 49.1 Å². The molecule has 3 aromatic rings. The summed E-state index contributed by atoms with van der Waals surface area (Å²) in [6.45, 7) is 10.2. The van der Waals surface area contributed by atoms with E-state index in [1.54, 1.807) is 24.3 Å². The number of rotatable bonds is 14. The Morgan fingerprint density at radius 2 is 1.65 bits per heavy atom. The van der Waals surface area contributed by atoms with Gasteiger partial charge in [-0.25, -0.2) is 9.98 Å². The number of nitrogens with zero attached hydrogens (tertiary/aromatic N) is 3. The molecule has 0 heterocycles. The number of alkyl halides is 3. The Kier molecular flexibility index (Phi) is 23.3. The van der Waals surface area contributed by atoms with Gasteiger partial charge < -0.3 is 47.2 Å². The van der Waals surface area contributed by atoms with Crippen LogP contribution in [0.25, 0.3) is 0 Å². The Labute approximate surface area is 307 Å². The monoisotopic (exact) mass is 753 g/mol. The van der Waals surface area contributed by atoms with Crippen molar-refractivity contribution in [1.29, 1.82) is 0 Å². The number of halogens is 4. The van der Waals surface area contributed by atoms with Crippen molar-refractivity contribution < 1.29 is 43.4 Å². The maximum atomic E-state index is 12.4. The molecular weight excluding hydrogens is 705 g/mol. The molecule has 52 heavy (non-hydrogen) atoms. The van der Waals surface area contributed by atoms with E-state index in [-0.39, 0.29) is 17.9 Å². The van der Waals surface area contributed by atoms with Crippen molar-refractivity contribution in [1.82, 2.24) is 5.32 Å². The normalized spacial score (nSPS) is 11.1. The summed E-state index contributed by atoms with van der Waals surface area (Å²) < 4.78 is 39.1. The second-order valence-electron chi connectivity index (χ2n) is 11.2. The Balaban J connectivity index is 0.00000189. The summed E-state index contributed by atoms with van der Waals surface area (Å²) in [5.74, 6) is 0.765. The molecule has 0 aliphatic carbocycles. The summed E-state index contributed by atoms with van der Waals surface area (Å²) in [5, 5.41) is 26.2. The van der Waals surface area contributed by atoms with Crippen molar-refractivity contribution in [2.24, 2.45) is 26.1 Å². The van der Waals surface area contributed by atoms with Gasteiger partial charge in [-0.2, -0.15) is 13.2 Å². The van der Waals surface area contributed by atoms with Crippen molar-refractivity contribution in [2.75, 3.05) is 50.6 Å². The van der Waals surface area contributed by atoms with Gasteiger partial charge in [-0.3, -0.25) is 9.79 Å². The van der Waals surface area contributed by atoms with Crippen molar-refractivity contribution in [3.63, 3.8) is 0 Å². The topological polar surface area (TPSA) is 211 Å². The predicted molar refractivity (Wildman–Crippen MR) is 202 cm³/mol. The summed E-state index contributed by atoms with van der Waals surface area (Å²) in [6, 6.07) is 20.5. The number of hydrogen-bond donors (Lipinski definition) is 7. The first-order valence-electron chi connectivity index (χ1n) is 15.6. The third kappa shape index (κ3) is 20.6. The van der Waals surface area contributed by atoms with Gasteiger partial charge in [0.1, 0.15) is 24.8 Å². The zero-order valence-corrected chi connectivity index (χ0v) is 30.3. The average Bonchev–Trinajstić information content (AvgIpc) is 3.14. The van der Waals surface area contributed by atoms with Crippen molar-refractivity contribution in [3.8, 4) is 5.75 Å². The molecule has 0 saturated heterocycles. The number of carbonyl (C=O) groups is 2. The van der Waals surface area contributed by atoms with E-state index < -0.39 is 12.7 Å². The molecule has 3 aromatic carbocycles. The molecule has 0 atom stereocenters. The van der Waals surface area contributed by atoms with Crippen LogP contribution in [0.3, 0.4) is 0 Å². The Morgan fingerprint density at radius 1 is 1.04 bits per heavy atom. The third-order valence-corrected chi connectivity index (χ3v) is 6.65. The third-order valence-electron chi connectivity index (χ3n) is 6.35. The summed E-state index contributed by atoms with van der Waals surface area (Å²) in [5.41, 5.74) is 12.2. The number of carbonyl (C=O) groups excluding carboxylic acids is 2. The van der Waals surface area contributed by atoms with Gasteiger partial charge in [0.25, 0.3) is 5.91 Å². The summed E-state index contributed by atoms with van der Waals surface area (Å²) in [4.78, 5) is 31.6. The first-order chi connectivity index (χ1) is 24.7. The van der Waals surface area contributed by atoms with Crippen LogP contribution in [-0.2, 0) is 11.3 Å². The molecule has 0 fully saturated rings. The maximum absolute atomic E-state index is 12.4. The molecule has 0 aliphatic heterocycles. The van der Waals surface area contributed by atoms with Gasteiger partial charge in [-0.15, -0.1) is 0 Å². The predicted octanol–water partition coefficient (Wildman–Crippen LogP) is 4.47. The number of aliphatic hydroxyl groups is 2. The molecule has 0 bridgehead atoms. The largest absolute Gasteiger partial charge is 0.492 e. The minimum atomic E-state index is -4.23. The first-order valence-corrected chi connectivity index (χ1v) is 16.0. The lowest BCUT2D eigenvalue weighted by Crippen LogP contribution is -2.39. The standard InChI is InChI=1S/C30H37ClN6O3.C3H5F3N2.CH4O.CH2O/c1-30(2,20-38)19-36-28(39)22-6-10-25(11-7-22)37-29(33-3)35-18-21-5-14-27(26(31)17-21)40-16-4-15-34-24-12-8-23(32)9-13-24;4-3(5,6)1-8-2-7;2*1-2/h5-14,17,34,38H,3-4,15-16,18-20,32H2,1-2H3,(H,35,37)(H,36,39);2H,1H2,(H2,7,8);2H,1H3;1H2/p+1. The summed E-state index contributed by atoms with van der Waals surface area (Å²) in [6.07, 6.45) is -2.77. The van der Waals surface area contributed by atoms with Gasteiger partial charge >= 0.3 is 6.18 Å². The van der Waals surface area contributed by atoms with Crippen LogP contribution in [0.5, 0.6) is 5.75 Å². The minimum Gasteiger partial charge on any atom is -0.492 e. The van der Waals surface area contributed by atoms with Gasteiger partial charge in [-0.1, -0.05) is 31.5 Å². The highest BCUT2D eigenvalue weighted by atomic mass is 35.5. The number of guanidine groups is 1. The van der Waals surface area contributed by atoms with Crippen LogP contribution >= 0.6 is 11.6 Å². The van der Waals surface area contributed by atoms with Crippen LogP contribution in [0.2, 0.25) is 5.02 Å². The van der Waals surface area contributed by atoms with Crippen molar-refractivity contribution in [3.05, 3.63) is 82.9 Å². The van der Waals surface area contributed by atoms with E-state index >= 15 is 0 Å². The van der Waals surface area contributed by atoms with E-state index in [4.69, 9.17) is 26.2 Å². The zero-order valence-electron chi connectivity index (χ0n) is 29.5. The van der Waals surface area contributed by atoms with E-state index in [0.717, 1.165) is 37.0 Å². The number of amides is 1. The highest BCUT2D eigenvalue weighted by molar-refractivity contribution is 6.32. The summed E-state index contributed by atoms with van der Waals surface area (Å²) in [7, 11) is 1.00. The van der Waals surface area contributed by atoms with Gasteiger partial charge in [-0.05, 0) is 67.2 Å². The lowest BCUT2D eigenvalue weighted by Gasteiger charge is -2.21. The van der Waals surface area contributed by atoms with Crippen molar-refractivity contribution >= 4 is 60.4 Å². The number of nitrogens with two attached hydrogens (primary N) is 1. The van der Waals surface area contributed by atoms with Crippen LogP contribution in [0.4, 0.5) is 30.2 Å². The second kappa shape index (κ2) is 25.8. The molecule has 0 aliphatic rings. The molecule has 3 rings (SSSR count). The fraction of sp³-hybridized carbons (Fsp3) is 0.343. The second-order valence-corrected chi connectivity index (χ2v) is 11.6. The quantitative estimate of drug-likeness (QED) is 0.0708. The minimum absolute atomic E-state index is 0.0111. The Bertz CT molecular complexity index is 1520. The number of aliphatic hydroxyl groups excluding tert-OH is 2. The van der Waals surface area contributed by atoms with E-state index in [1.807, 2.05) is 63.1 Å². The molecule has 0 saturated carbocycles. The van der Waals surface area contributed by atoms with Crippen LogP contribution in [-0.4, -0.2) is 88.1 Å². The molecule has 13 nitrogen and oxygen atoms in total. The van der Waals surface area contributed by atoms with Crippen LogP contribution in [0.15, 0.2) is 81.7 Å². The molecule has 0 unspecified atom stereocenters. The lowest BCUT2D eigenvalue weighted by molar-refractivity contribution is -0.254. The number of hydrogen-bond acceptors (Lipinski definition) is 8. The van der Waals surface area contributed by atoms with Gasteiger partial charge in [0, 0.05) is 61.3 Å². The number of ether oxygens (including phenoxy) is 1. The fourth-order valence-electron chi connectivity index (χ4n) is 3.63. The highest BCUT2D eigenvalue weighted by Gasteiger charge is 2.25. The van der Waals surface area contributed by atoms with Gasteiger partial charge in [0.05, 0.1) is 24.5 Å². The van der Waals surface area contributed by atoms with Gasteiger partial charge in [0.2, 0.25) is 5.96 Å². The van der Waals surface area contributed by atoms with Crippen LogP contribution in [0, 0.1) is 5.41 Å². The average molecular weight is 754 g/mol. The molecule has 17 heteroatoms. The van der Waals surface area contributed by atoms with E-state index in [1.165, 1.54) is 0 Å². The summed E-state index contributed by atoms with van der Waals surface area (Å²) >= 11 is 6.44. The van der Waals surface area contributed by atoms with E-state index in [9.17, 15) is 23.1 Å². The fourth-order valence-corrected chi connectivity index (χ4v) is 3.89. The lowest BCUT2D eigenvalue weighted by atomic mass is 9.95. The molecule has 0 spiro atoms. The number of nitrogens with one attached hydrogen (secondary N) is 3. The first kappa shape index (κ1) is 47.0. The zero-order chi connectivity index (χ0) is 39.6. The van der Waals surface area contributed by atoms with Crippen LogP contribution in [0.1, 0.15) is 36.2 Å². The smallest absolute Gasteiger partial charge is 0.408 e. The van der Waals surface area contributed by atoms with Crippen LogP contribution < -0.4 is 32.2 Å². The number of quaternary nitrogens is 1. The maximum Gasteiger partial charge on any atom is 0.408 e. The number of benzene rings is 3. The molecule has 10 N–H and O–H groups in total. The number of anilines is 2. The van der Waals surface area contributed by atoms with E-state index in [0.29, 0.717) is 54.0 Å². The molecule has 0 aromatic heterocycles. The van der Waals surface area contributed by atoms with Gasteiger partial charge in [0.15, 0.2) is 0 Å². The SMILES string of the molecule is C=NC(=NCc1ccc(OCCCNc2ccc([NH3+])cc2)c(Cl)c1)Nc1ccc(C(=O)NCC(C)(C)CO)cc1.C=O.CO.NC=NCC(F)(F)F. The molecule has 286 valence electrons. The molecule has 0 radical (unpaired) electrons. The Morgan fingerprint density at radius 3 is 2.17 bits per heavy atom. The highest BCUT2D eigenvalue weighted by Crippen LogP contribution is 2.26. The Hall–Kier alpha value is -5.03. The molecule has 1 amide bonds. The molecular formula is C35H49ClF3N8O5+. The van der Waals surface area contributed by atoms with Crippen molar-refractivity contribution in [2.45, 2.75) is 33.0 Å². The number of aliphatic imine (C=N–C) groups is 3.